The predicted molar refractivity (Wildman–Crippen MR) is 387 cm³/mol. The Kier molecular flexibility index (Phi) is 12.4. The molecule has 18 rings (SSSR count). The Morgan fingerprint density at radius 3 is 1.09 bits per heavy atom. The summed E-state index contributed by atoms with van der Waals surface area (Å²) in [5, 5.41) is 6.98. The number of hydrogen-bond donors (Lipinski definition) is 0. The SMILES string of the molecule is C[Si]1(C)c2ccccc2C2(c3ccccc31)c1cc(N(c3ccc(C4=CC=CCC4)cc3)c3ccc(-c4ccccc4)cc3)c3c(oc4ccccc43)c1-c1c2cc(N(c2ccc(-c3ccccc3)cc2)c2ccc(-c3ccccc3)cc2)c2c1oc1ccccc12. The number of rotatable bonds is 10. The Bertz CT molecular complexity index is 5320. The molecule has 4 nitrogen and oxygen atoms in total. The minimum Gasteiger partial charge on any atom is -0.455 e. The summed E-state index contributed by atoms with van der Waals surface area (Å²) < 4.78 is 15.4. The monoisotopic (exact) mass is 1190 g/mol. The van der Waals surface area contributed by atoms with E-state index in [9.17, 15) is 0 Å². The fourth-order valence-electron chi connectivity index (χ4n) is 15.7. The van der Waals surface area contributed by atoms with Crippen LogP contribution in [0, 0.1) is 0 Å². The van der Waals surface area contributed by atoms with Gasteiger partial charge < -0.3 is 18.6 Å². The molecule has 2 aliphatic carbocycles. The summed E-state index contributed by atoms with van der Waals surface area (Å²) in [4.78, 5) is 4.98. The Hall–Kier alpha value is -11.2. The lowest BCUT2D eigenvalue weighted by molar-refractivity contribution is 0.665. The summed E-state index contributed by atoms with van der Waals surface area (Å²) in [7, 11) is -2.41. The number of nitrogens with zero attached hydrogens (tertiary/aromatic N) is 2. The van der Waals surface area contributed by atoms with Crippen LogP contribution in [0.1, 0.15) is 40.7 Å². The highest BCUT2D eigenvalue weighted by molar-refractivity contribution is 7.01. The first-order chi connectivity index (χ1) is 45.4. The summed E-state index contributed by atoms with van der Waals surface area (Å²) in [6, 6.07) is 110. The van der Waals surface area contributed by atoms with E-state index in [1.54, 1.807) is 0 Å². The summed E-state index contributed by atoms with van der Waals surface area (Å²) in [5.74, 6) is 0. The highest BCUT2D eigenvalue weighted by atomic mass is 28.3. The van der Waals surface area contributed by atoms with E-state index in [4.69, 9.17) is 8.83 Å². The van der Waals surface area contributed by atoms with E-state index in [1.165, 1.54) is 49.3 Å². The summed E-state index contributed by atoms with van der Waals surface area (Å²) in [5.41, 5.74) is 25.2. The molecule has 436 valence electrons. The van der Waals surface area contributed by atoms with Gasteiger partial charge in [-0.3, -0.25) is 0 Å². The number of allylic oxidation sites excluding steroid dienone is 4. The molecule has 13 aromatic carbocycles. The molecule has 0 saturated heterocycles. The maximum absolute atomic E-state index is 7.69. The number of hydrogen-bond acceptors (Lipinski definition) is 4. The molecule has 0 radical (unpaired) electrons. The van der Waals surface area contributed by atoms with Gasteiger partial charge in [-0.15, -0.1) is 0 Å². The lowest BCUT2D eigenvalue weighted by Crippen LogP contribution is -2.63. The van der Waals surface area contributed by atoms with Crippen LogP contribution in [0.5, 0.6) is 0 Å². The highest BCUT2D eigenvalue weighted by Crippen LogP contribution is 2.65. The van der Waals surface area contributed by atoms with E-state index < -0.39 is 13.5 Å². The first-order valence-electron chi connectivity index (χ1n) is 32.1. The topological polar surface area (TPSA) is 32.8 Å². The molecule has 0 saturated carbocycles. The summed E-state index contributed by atoms with van der Waals surface area (Å²) in [6.45, 7) is 5.08. The molecule has 1 aliphatic heterocycles. The normalized spacial score (nSPS) is 14.1. The van der Waals surface area contributed by atoms with Crippen molar-refractivity contribution in [3.8, 4) is 44.5 Å². The maximum Gasteiger partial charge on any atom is 0.145 e. The summed E-state index contributed by atoms with van der Waals surface area (Å²) in [6.07, 6.45) is 8.78. The predicted octanol–water partition coefficient (Wildman–Crippen LogP) is 22.7. The molecule has 5 heteroatoms. The van der Waals surface area contributed by atoms with E-state index in [1.807, 2.05) is 0 Å². The average Bonchev–Trinajstić information content (AvgIpc) is 1.46. The molecule has 0 N–H and O–H groups in total. The van der Waals surface area contributed by atoms with Crippen molar-refractivity contribution in [3.05, 3.63) is 343 Å². The van der Waals surface area contributed by atoms with Crippen LogP contribution < -0.4 is 20.2 Å². The van der Waals surface area contributed by atoms with Gasteiger partial charge >= 0.3 is 0 Å². The van der Waals surface area contributed by atoms with Crippen LogP contribution in [0.15, 0.2) is 324 Å². The van der Waals surface area contributed by atoms with Gasteiger partial charge in [-0.1, -0.05) is 256 Å². The summed E-state index contributed by atoms with van der Waals surface area (Å²) >= 11 is 0. The Labute approximate surface area is 536 Å². The van der Waals surface area contributed by atoms with Gasteiger partial charge in [0, 0.05) is 44.6 Å². The third-order valence-electron chi connectivity index (χ3n) is 20.0. The van der Waals surface area contributed by atoms with Gasteiger partial charge in [-0.25, -0.2) is 0 Å². The zero-order valence-electron chi connectivity index (χ0n) is 51.1. The zero-order valence-corrected chi connectivity index (χ0v) is 52.1. The molecule has 0 atom stereocenters. The van der Waals surface area contributed by atoms with Crippen molar-refractivity contribution >= 4 is 102 Å². The van der Waals surface area contributed by atoms with Crippen LogP contribution in [0.4, 0.5) is 34.1 Å². The molecular weight excluding hydrogens is 1130 g/mol. The van der Waals surface area contributed by atoms with Crippen molar-refractivity contribution in [2.24, 2.45) is 0 Å². The molecule has 2 aromatic heterocycles. The van der Waals surface area contributed by atoms with Crippen LogP contribution >= 0.6 is 0 Å². The van der Waals surface area contributed by atoms with Gasteiger partial charge in [0.2, 0.25) is 0 Å². The molecule has 0 amide bonds. The minimum atomic E-state index is -2.41. The van der Waals surface area contributed by atoms with E-state index in [0.29, 0.717) is 0 Å². The maximum atomic E-state index is 7.69. The van der Waals surface area contributed by atoms with E-state index in [-0.39, 0.29) is 0 Å². The second-order valence-electron chi connectivity index (χ2n) is 25.3. The quantitative estimate of drug-likeness (QED) is 0.128. The number of furan rings is 2. The molecular formula is C87H62N2O2Si. The Morgan fingerprint density at radius 2 is 0.696 bits per heavy atom. The van der Waals surface area contributed by atoms with Gasteiger partial charge in [-0.05, 0) is 163 Å². The largest absolute Gasteiger partial charge is 0.455 e. The molecule has 3 heterocycles. The lowest BCUT2D eigenvalue weighted by atomic mass is 9.67. The number of fused-ring (bicyclic) bond motifs is 17. The van der Waals surface area contributed by atoms with Crippen molar-refractivity contribution < 1.29 is 8.83 Å². The Morgan fingerprint density at radius 1 is 0.348 bits per heavy atom. The number of anilines is 6. The van der Waals surface area contributed by atoms with E-state index in [2.05, 4.69) is 338 Å². The van der Waals surface area contributed by atoms with E-state index >= 15 is 0 Å². The van der Waals surface area contributed by atoms with Gasteiger partial charge in [0.1, 0.15) is 30.4 Å². The van der Waals surface area contributed by atoms with Crippen LogP contribution in [0.3, 0.4) is 0 Å². The Balaban J connectivity index is 0.980. The smallest absolute Gasteiger partial charge is 0.145 e. The van der Waals surface area contributed by atoms with Crippen molar-refractivity contribution in [2.75, 3.05) is 9.80 Å². The van der Waals surface area contributed by atoms with Crippen LogP contribution in [0.2, 0.25) is 13.1 Å². The fraction of sp³-hybridized carbons (Fsp3) is 0.0575. The number of para-hydroxylation sites is 2. The van der Waals surface area contributed by atoms with E-state index in [0.717, 1.165) is 130 Å². The standard InChI is InChI=1S/C87H62N2O2Si/c1-92(2)79-37-21-17-33-71(79)87(72-34-18-22-38-80(72)92)73-55-75(88(65-47-39-61(40-48-65)57-23-7-3-8-24-57)66-49-41-62(42-50-66)58-25-9-4-10-26-58)81-69-31-15-19-35-77(69)90-85(81)83(73)84-74(87)56-76(82-70-32-16-20-36-78(70)91-86(82)84)89(67-51-43-63(44-52-67)59-27-11-5-12-28-59)68-53-45-64(46-54-68)60-29-13-6-14-30-60/h3-13,15-29,31-56H,14,30H2,1-2H3. The average molecular weight is 1200 g/mol. The zero-order chi connectivity index (χ0) is 61.1. The molecule has 0 bridgehead atoms. The minimum absolute atomic E-state index is 0.822. The van der Waals surface area contributed by atoms with Crippen molar-refractivity contribution in [1.82, 2.24) is 0 Å². The lowest BCUT2D eigenvalue weighted by Gasteiger charge is -2.46. The van der Waals surface area contributed by atoms with Crippen LogP contribution in [0.25, 0.3) is 94.0 Å². The first kappa shape index (κ1) is 53.8. The number of benzene rings is 13. The fourth-order valence-corrected chi connectivity index (χ4v) is 19.0. The molecule has 3 aliphatic rings. The first-order valence-corrected chi connectivity index (χ1v) is 35.1. The van der Waals surface area contributed by atoms with Gasteiger partial charge in [0.05, 0.1) is 27.6 Å². The molecule has 15 aromatic rings. The van der Waals surface area contributed by atoms with Gasteiger partial charge in [0.25, 0.3) is 0 Å². The molecule has 0 fully saturated rings. The second-order valence-corrected chi connectivity index (χ2v) is 29.6. The molecule has 0 unspecified atom stereocenters. The van der Waals surface area contributed by atoms with Crippen molar-refractivity contribution in [2.45, 2.75) is 31.4 Å². The second kappa shape index (κ2) is 21.2. The van der Waals surface area contributed by atoms with Crippen LogP contribution in [-0.4, -0.2) is 8.07 Å². The third kappa shape index (κ3) is 8.22. The van der Waals surface area contributed by atoms with Crippen LogP contribution in [-0.2, 0) is 5.41 Å². The van der Waals surface area contributed by atoms with Gasteiger partial charge in [-0.2, -0.15) is 0 Å². The highest BCUT2D eigenvalue weighted by Gasteiger charge is 2.56. The van der Waals surface area contributed by atoms with Crippen molar-refractivity contribution in [1.29, 1.82) is 0 Å². The molecule has 92 heavy (non-hydrogen) atoms. The van der Waals surface area contributed by atoms with Gasteiger partial charge in [0.15, 0.2) is 0 Å². The third-order valence-corrected chi connectivity index (χ3v) is 23.6. The van der Waals surface area contributed by atoms with Crippen molar-refractivity contribution in [3.63, 3.8) is 0 Å². The molecule has 1 spiro atoms.